The number of rotatable bonds is 9. The number of amides is 1. The van der Waals surface area contributed by atoms with Crippen molar-refractivity contribution >= 4 is 42.2 Å². The first-order chi connectivity index (χ1) is 16.5. The van der Waals surface area contributed by atoms with E-state index in [0.29, 0.717) is 18.7 Å². The number of hydrogen-bond acceptors (Lipinski definition) is 7. The number of carbonyl (C=O) groups excluding carboxylic acids is 1. The maximum atomic E-state index is 13.3. The SMILES string of the molecule is CNCC[C@H](Oc1ccc(CN2CCN(C)c3cc(N(C)C)ncc3C2=O)cc1)c1cccs1.S. The van der Waals surface area contributed by atoms with Crippen LogP contribution in [0.3, 0.4) is 0 Å². The number of likely N-dealkylation sites (N-methyl/N-ethyl adjacent to an activating group) is 1. The number of nitrogens with zero attached hydrogens (tertiary/aromatic N) is 4. The number of nitrogens with one attached hydrogen (secondary N) is 1. The zero-order valence-corrected chi connectivity index (χ0v) is 22.6. The Bertz CT molecular complexity index is 1090. The first-order valence-electron chi connectivity index (χ1n) is 11.6. The van der Waals surface area contributed by atoms with Gasteiger partial charge in [0, 0.05) is 64.3 Å². The van der Waals surface area contributed by atoms with E-state index in [0.717, 1.165) is 42.3 Å². The molecule has 2 aromatic heterocycles. The Labute approximate surface area is 219 Å². The van der Waals surface area contributed by atoms with E-state index in [1.807, 2.05) is 56.2 Å². The van der Waals surface area contributed by atoms with Gasteiger partial charge < -0.3 is 24.8 Å². The lowest BCUT2D eigenvalue weighted by Crippen LogP contribution is -2.33. The molecule has 1 atom stereocenters. The molecule has 0 fully saturated rings. The van der Waals surface area contributed by atoms with E-state index >= 15 is 0 Å². The molecule has 1 aliphatic heterocycles. The van der Waals surface area contributed by atoms with Crippen molar-refractivity contribution in [2.45, 2.75) is 19.1 Å². The van der Waals surface area contributed by atoms with Crippen LogP contribution >= 0.6 is 24.8 Å². The summed E-state index contributed by atoms with van der Waals surface area (Å²) in [6, 6.07) is 14.3. The molecule has 0 spiro atoms. The second-order valence-corrected chi connectivity index (χ2v) is 9.74. The second-order valence-electron chi connectivity index (χ2n) is 8.76. The van der Waals surface area contributed by atoms with Crippen LogP contribution in [0.15, 0.2) is 54.0 Å². The highest BCUT2D eigenvalue weighted by Crippen LogP contribution is 2.30. The summed E-state index contributed by atoms with van der Waals surface area (Å²) in [6.45, 7) is 2.86. The van der Waals surface area contributed by atoms with Crippen LogP contribution in [0, 0.1) is 0 Å². The number of aromatic nitrogens is 1. The van der Waals surface area contributed by atoms with E-state index in [-0.39, 0.29) is 25.5 Å². The summed E-state index contributed by atoms with van der Waals surface area (Å²) in [5.41, 5.74) is 2.65. The standard InChI is InChI=1S/C26H33N5O2S.H2S/c1-27-12-11-23(24-6-5-15-34-24)33-20-9-7-19(8-10-20)18-31-14-13-30(4)22-16-25(29(2)3)28-17-21(22)26(31)32;/h5-10,15-17,23,27H,11-14,18H2,1-4H3;1H2/t23-;/m0./s1. The van der Waals surface area contributed by atoms with Crippen molar-refractivity contribution < 1.29 is 9.53 Å². The lowest BCUT2D eigenvalue weighted by molar-refractivity contribution is 0.0754. The molecule has 9 heteroatoms. The summed E-state index contributed by atoms with van der Waals surface area (Å²) in [4.78, 5) is 25.0. The highest BCUT2D eigenvalue weighted by molar-refractivity contribution is 7.59. The van der Waals surface area contributed by atoms with Crippen molar-refractivity contribution in [3.05, 3.63) is 70.0 Å². The van der Waals surface area contributed by atoms with Gasteiger partial charge in [0.15, 0.2) is 0 Å². The van der Waals surface area contributed by atoms with Gasteiger partial charge in [0.05, 0.1) is 11.3 Å². The number of ether oxygens (including phenoxy) is 1. The first kappa shape index (κ1) is 26.8. The minimum atomic E-state index is 0. The highest BCUT2D eigenvalue weighted by Gasteiger charge is 2.26. The fourth-order valence-electron chi connectivity index (χ4n) is 4.04. The van der Waals surface area contributed by atoms with Crippen molar-refractivity contribution in [1.29, 1.82) is 0 Å². The maximum absolute atomic E-state index is 13.3. The molecule has 0 unspecified atom stereocenters. The first-order valence-corrected chi connectivity index (χ1v) is 12.5. The Hall–Kier alpha value is -2.75. The van der Waals surface area contributed by atoms with Crippen LogP contribution < -0.4 is 19.9 Å². The van der Waals surface area contributed by atoms with Crippen molar-refractivity contribution in [3.8, 4) is 5.75 Å². The van der Waals surface area contributed by atoms with E-state index < -0.39 is 0 Å². The Morgan fingerprint density at radius 2 is 1.97 bits per heavy atom. The van der Waals surface area contributed by atoms with Gasteiger partial charge in [-0.25, -0.2) is 4.98 Å². The molecule has 4 rings (SSSR count). The maximum Gasteiger partial charge on any atom is 0.257 e. The molecule has 3 heterocycles. The predicted octanol–water partition coefficient (Wildman–Crippen LogP) is 4.14. The van der Waals surface area contributed by atoms with Crippen molar-refractivity contribution in [3.63, 3.8) is 0 Å². The number of fused-ring (bicyclic) bond motifs is 1. The van der Waals surface area contributed by atoms with Crippen LogP contribution in [0.25, 0.3) is 0 Å². The molecule has 3 aromatic rings. The van der Waals surface area contributed by atoms with Gasteiger partial charge in [0.25, 0.3) is 5.91 Å². The zero-order valence-electron chi connectivity index (χ0n) is 20.8. The van der Waals surface area contributed by atoms with E-state index in [4.69, 9.17) is 4.74 Å². The number of carbonyl (C=O) groups is 1. The summed E-state index contributed by atoms with van der Waals surface area (Å²) < 4.78 is 6.31. The zero-order chi connectivity index (χ0) is 24.1. The van der Waals surface area contributed by atoms with Crippen LogP contribution in [0.4, 0.5) is 11.5 Å². The molecule has 1 aromatic carbocycles. The molecule has 35 heavy (non-hydrogen) atoms. The normalized spacial score (nSPS) is 14.1. The Morgan fingerprint density at radius 3 is 2.63 bits per heavy atom. The number of benzene rings is 1. The van der Waals surface area contributed by atoms with Crippen LogP contribution in [0.2, 0.25) is 0 Å². The van der Waals surface area contributed by atoms with Gasteiger partial charge in [-0.05, 0) is 42.7 Å². The Balaban J connectivity index is 0.00000342. The van der Waals surface area contributed by atoms with E-state index in [9.17, 15) is 4.79 Å². The molecular formula is C26H35N5O2S2. The smallest absolute Gasteiger partial charge is 0.257 e. The lowest BCUT2D eigenvalue weighted by atomic mass is 10.1. The molecule has 1 N–H and O–H groups in total. The van der Waals surface area contributed by atoms with E-state index in [1.54, 1.807) is 17.5 Å². The molecular weight excluding hydrogens is 478 g/mol. The molecule has 188 valence electrons. The Kier molecular flexibility index (Phi) is 9.42. The third kappa shape index (κ3) is 6.48. The summed E-state index contributed by atoms with van der Waals surface area (Å²) in [5, 5.41) is 5.29. The van der Waals surface area contributed by atoms with Crippen LogP contribution in [0.5, 0.6) is 5.75 Å². The molecule has 0 saturated heterocycles. The monoisotopic (exact) mass is 513 g/mol. The quantitative estimate of drug-likeness (QED) is 0.464. The number of pyridine rings is 1. The lowest BCUT2D eigenvalue weighted by Gasteiger charge is -2.22. The van der Waals surface area contributed by atoms with Crippen molar-refractivity contribution in [1.82, 2.24) is 15.2 Å². The van der Waals surface area contributed by atoms with Gasteiger partial charge in [-0.3, -0.25) is 4.79 Å². The van der Waals surface area contributed by atoms with E-state index in [2.05, 4.69) is 44.8 Å². The van der Waals surface area contributed by atoms with Crippen molar-refractivity contribution in [2.75, 3.05) is 57.6 Å². The summed E-state index contributed by atoms with van der Waals surface area (Å²) in [5.74, 6) is 1.70. The van der Waals surface area contributed by atoms with Gasteiger partial charge in [0.2, 0.25) is 0 Å². The fourth-order valence-corrected chi connectivity index (χ4v) is 4.83. The molecule has 1 aliphatic rings. The van der Waals surface area contributed by atoms with Crippen LogP contribution in [-0.4, -0.2) is 63.6 Å². The molecule has 0 aliphatic carbocycles. The average Bonchev–Trinajstić information content (AvgIpc) is 3.35. The summed E-state index contributed by atoms with van der Waals surface area (Å²) in [6.07, 6.45) is 2.63. The van der Waals surface area contributed by atoms with Gasteiger partial charge in [0.1, 0.15) is 17.7 Å². The molecule has 0 radical (unpaired) electrons. The number of anilines is 2. The largest absolute Gasteiger partial charge is 0.485 e. The third-order valence-electron chi connectivity index (χ3n) is 6.05. The number of hydrogen-bond donors (Lipinski definition) is 1. The topological polar surface area (TPSA) is 60.9 Å². The third-order valence-corrected chi connectivity index (χ3v) is 7.02. The van der Waals surface area contributed by atoms with Gasteiger partial charge in [-0.2, -0.15) is 13.5 Å². The van der Waals surface area contributed by atoms with Gasteiger partial charge >= 0.3 is 0 Å². The van der Waals surface area contributed by atoms with Crippen LogP contribution in [0.1, 0.15) is 33.3 Å². The van der Waals surface area contributed by atoms with Crippen molar-refractivity contribution in [2.24, 2.45) is 0 Å². The minimum absolute atomic E-state index is 0. The molecule has 0 saturated carbocycles. The minimum Gasteiger partial charge on any atom is -0.485 e. The fraction of sp³-hybridized carbons (Fsp3) is 0.385. The second kappa shape index (κ2) is 12.3. The predicted molar refractivity (Wildman–Crippen MR) is 150 cm³/mol. The highest BCUT2D eigenvalue weighted by atomic mass is 32.1. The number of thiophene rings is 1. The average molecular weight is 514 g/mol. The van der Waals surface area contributed by atoms with Gasteiger partial charge in [-0.15, -0.1) is 11.3 Å². The summed E-state index contributed by atoms with van der Waals surface area (Å²) in [7, 11) is 7.89. The van der Waals surface area contributed by atoms with Crippen LogP contribution in [-0.2, 0) is 6.54 Å². The molecule has 7 nitrogen and oxygen atoms in total. The Morgan fingerprint density at radius 1 is 1.20 bits per heavy atom. The molecule has 0 bridgehead atoms. The van der Waals surface area contributed by atoms with Gasteiger partial charge in [-0.1, -0.05) is 18.2 Å². The molecule has 1 amide bonds. The summed E-state index contributed by atoms with van der Waals surface area (Å²) >= 11 is 1.72. The van der Waals surface area contributed by atoms with E-state index in [1.165, 1.54) is 4.88 Å².